The molecule has 0 radical (unpaired) electrons. The zero-order valence-corrected chi connectivity index (χ0v) is 13.2. The summed E-state index contributed by atoms with van der Waals surface area (Å²) in [6.07, 6.45) is -0.0511. The molecular weight excluding hydrogens is 266 g/mol. The molecule has 0 saturated carbocycles. The second-order valence-electron chi connectivity index (χ2n) is 6.10. The number of aliphatic hydroxyl groups is 1. The first kappa shape index (κ1) is 16.4. The molecule has 4 nitrogen and oxygen atoms in total. The van der Waals surface area contributed by atoms with E-state index < -0.39 is 6.10 Å². The second kappa shape index (κ2) is 7.90. The van der Waals surface area contributed by atoms with Crippen LogP contribution in [-0.4, -0.2) is 54.6 Å². The van der Waals surface area contributed by atoms with E-state index in [9.17, 15) is 5.11 Å². The van der Waals surface area contributed by atoms with Gasteiger partial charge in [-0.3, -0.25) is 4.90 Å². The van der Waals surface area contributed by atoms with E-state index in [1.54, 1.807) is 0 Å². The Hall–Kier alpha value is -0.940. The lowest BCUT2D eigenvalue weighted by atomic mass is 10.1. The van der Waals surface area contributed by atoms with Gasteiger partial charge in [-0.05, 0) is 26.3 Å². The van der Waals surface area contributed by atoms with E-state index in [2.05, 4.69) is 24.0 Å². The summed E-state index contributed by atoms with van der Waals surface area (Å²) in [4.78, 5) is 2.26. The number of rotatable bonds is 6. The van der Waals surface area contributed by atoms with Gasteiger partial charge < -0.3 is 14.6 Å². The smallest absolute Gasteiger partial charge is 0.0956 e. The van der Waals surface area contributed by atoms with Crippen LogP contribution in [0.15, 0.2) is 30.3 Å². The van der Waals surface area contributed by atoms with Crippen LogP contribution < -0.4 is 0 Å². The molecular formula is C17H27NO3. The molecule has 3 unspecified atom stereocenters. The first-order chi connectivity index (χ1) is 10.0. The third kappa shape index (κ3) is 5.40. The molecule has 0 spiro atoms. The molecule has 1 N–H and O–H groups in total. The van der Waals surface area contributed by atoms with Crippen molar-refractivity contribution < 1.29 is 14.6 Å². The summed E-state index contributed by atoms with van der Waals surface area (Å²) in [6.45, 7) is 8.72. The minimum absolute atomic E-state index is 0.0770. The Labute approximate surface area is 127 Å². The van der Waals surface area contributed by atoms with Crippen LogP contribution in [0.3, 0.4) is 0 Å². The average molecular weight is 293 g/mol. The van der Waals surface area contributed by atoms with Gasteiger partial charge in [0.2, 0.25) is 0 Å². The van der Waals surface area contributed by atoms with Crippen LogP contribution >= 0.6 is 0 Å². The minimum Gasteiger partial charge on any atom is -0.389 e. The highest BCUT2D eigenvalue weighted by Gasteiger charge is 2.27. The van der Waals surface area contributed by atoms with Gasteiger partial charge in [0.15, 0.2) is 0 Å². The van der Waals surface area contributed by atoms with Crippen LogP contribution in [0.1, 0.15) is 32.4 Å². The molecule has 0 aromatic heterocycles. The van der Waals surface area contributed by atoms with Gasteiger partial charge in [0.25, 0.3) is 0 Å². The molecule has 0 aliphatic carbocycles. The lowest BCUT2D eigenvalue weighted by molar-refractivity contribution is -0.0933. The Balaban J connectivity index is 1.89. The first-order valence-electron chi connectivity index (χ1n) is 7.77. The Kier molecular flexibility index (Phi) is 6.18. The van der Waals surface area contributed by atoms with Gasteiger partial charge in [-0.25, -0.2) is 0 Å². The predicted molar refractivity (Wildman–Crippen MR) is 83.3 cm³/mol. The highest BCUT2D eigenvalue weighted by Crippen LogP contribution is 2.25. The molecule has 0 amide bonds. The second-order valence-corrected chi connectivity index (χ2v) is 6.10. The van der Waals surface area contributed by atoms with Crippen molar-refractivity contribution in [3.63, 3.8) is 0 Å². The minimum atomic E-state index is -0.450. The molecule has 1 aliphatic rings. The molecule has 1 aromatic rings. The van der Waals surface area contributed by atoms with Crippen molar-refractivity contribution in [1.29, 1.82) is 0 Å². The standard InChI is InChI=1S/C17H27NO3/c1-13(2)20-12-16(19)10-18-9-14(3)21-17(11-18)15-7-5-4-6-8-15/h4-8,13-14,16-17,19H,9-12H2,1-3H3. The fourth-order valence-corrected chi connectivity index (χ4v) is 2.69. The van der Waals surface area contributed by atoms with E-state index in [4.69, 9.17) is 9.47 Å². The third-order valence-corrected chi connectivity index (χ3v) is 3.60. The van der Waals surface area contributed by atoms with E-state index >= 15 is 0 Å². The van der Waals surface area contributed by atoms with Gasteiger partial charge in [-0.2, -0.15) is 0 Å². The van der Waals surface area contributed by atoms with Gasteiger partial charge in [0.05, 0.1) is 31.0 Å². The zero-order chi connectivity index (χ0) is 15.2. The summed E-state index contributed by atoms with van der Waals surface area (Å²) in [5, 5.41) is 10.1. The largest absolute Gasteiger partial charge is 0.389 e. The van der Waals surface area contributed by atoms with Crippen LogP contribution in [0.2, 0.25) is 0 Å². The first-order valence-corrected chi connectivity index (χ1v) is 7.77. The normalized spacial score (nSPS) is 25.2. The molecule has 1 heterocycles. The predicted octanol–water partition coefficient (Wildman–Crippen LogP) is 2.23. The van der Waals surface area contributed by atoms with E-state index in [1.165, 1.54) is 5.56 Å². The summed E-state index contributed by atoms with van der Waals surface area (Å²) in [6, 6.07) is 10.3. The molecule has 21 heavy (non-hydrogen) atoms. The van der Waals surface area contributed by atoms with E-state index in [0.29, 0.717) is 13.2 Å². The van der Waals surface area contributed by atoms with Crippen molar-refractivity contribution in [1.82, 2.24) is 4.90 Å². The van der Waals surface area contributed by atoms with Crippen molar-refractivity contribution in [3.05, 3.63) is 35.9 Å². The highest BCUT2D eigenvalue weighted by atomic mass is 16.5. The number of β-amino-alcohol motifs (C(OH)–C–C–N with tert-alkyl or cyclic N) is 1. The molecule has 3 atom stereocenters. The number of aliphatic hydroxyl groups excluding tert-OH is 1. The van der Waals surface area contributed by atoms with Crippen LogP contribution in [0.25, 0.3) is 0 Å². The van der Waals surface area contributed by atoms with Crippen LogP contribution in [-0.2, 0) is 9.47 Å². The molecule has 1 aliphatic heterocycles. The Bertz CT molecular complexity index is 410. The van der Waals surface area contributed by atoms with Crippen LogP contribution in [0.4, 0.5) is 0 Å². The van der Waals surface area contributed by atoms with Crippen molar-refractivity contribution in [2.24, 2.45) is 0 Å². The number of morpholine rings is 1. The van der Waals surface area contributed by atoms with Crippen molar-refractivity contribution in [3.8, 4) is 0 Å². The highest BCUT2D eigenvalue weighted by molar-refractivity contribution is 5.18. The topological polar surface area (TPSA) is 41.9 Å². The van der Waals surface area contributed by atoms with Gasteiger partial charge >= 0.3 is 0 Å². The zero-order valence-electron chi connectivity index (χ0n) is 13.2. The van der Waals surface area contributed by atoms with E-state index in [-0.39, 0.29) is 18.3 Å². The van der Waals surface area contributed by atoms with Crippen LogP contribution in [0, 0.1) is 0 Å². The monoisotopic (exact) mass is 293 g/mol. The lowest BCUT2D eigenvalue weighted by Crippen LogP contribution is -2.46. The summed E-state index contributed by atoms with van der Waals surface area (Å²) in [7, 11) is 0. The SMILES string of the molecule is CC(C)OCC(O)CN1CC(C)OC(c2ccccc2)C1. The fourth-order valence-electron chi connectivity index (χ4n) is 2.69. The molecule has 4 heteroatoms. The lowest BCUT2D eigenvalue weighted by Gasteiger charge is -2.38. The summed E-state index contributed by atoms with van der Waals surface area (Å²) in [5.41, 5.74) is 1.20. The van der Waals surface area contributed by atoms with Gasteiger partial charge in [-0.1, -0.05) is 30.3 Å². The van der Waals surface area contributed by atoms with Gasteiger partial charge in [0, 0.05) is 19.6 Å². The molecule has 118 valence electrons. The molecule has 1 aromatic carbocycles. The maximum Gasteiger partial charge on any atom is 0.0956 e. The van der Waals surface area contributed by atoms with E-state index in [1.807, 2.05) is 32.0 Å². The van der Waals surface area contributed by atoms with Gasteiger partial charge in [0.1, 0.15) is 0 Å². The number of ether oxygens (including phenoxy) is 2. The quantitative estimate of drug-likeness (QED) is 0.873. The average Bonchev–Trinajstić information content (AvgIpc) is 2.45. The molecule has 2 rings (SSSR count). The van der Waals surface area contributed by atoms with Crippen molar-refractivity contribution in [2.75, 3.05) is 26.2 Å². The Morgan fingerprint density at radius 2 is 2.00 bits per heavy atom. The van der Waals surface area contributed by atoms with Gasteiger partial charge in [-0.15, -0.1) is 0 Å². The van der Waals surface area contributed by atoms with Crippen molar-refractivity contribution in [2.45, 2.75) is 45.2 Å². The molecule has 1 fully saturated rings. The summed E-state index contributed by atoms with van der Waals surface area (Å²) >= 11 is 0. The number of benzene rings is 1. The maximum absolute atomic E-state index is 10.1. The Morgan fingerprint density at radius 1 is 1.29 bits per heavy atom. The number of hydrogen-bond donors (Lipinski definition) is 1. The van der Waals surface area contributed by atoms with Crippen LogP contribution in [0.5, 0.6) is 0 Å². The fraction of sp³-hybridized carbons (Fsp3) is 0.647. The summed E-state index contributed by atoms with van der Waals surface area (Å²) < 4.78 is 11.5. The summed E-state index contributed by atoms with van der Waals surface area (Å²) in [5.74, 6) is 0. The molecule has 0 bridgehead atoms. The number of nitrogens with zero attached hydrogens (tertiary/aromatic N) is 1. The van der Waals surface area contributed by atoms with E-state index in [0.717, 1.165) is 13.1 Å². The molecule has 1 saturated heterocycles. The third-order valence-electron chi connectivity index (χ3n) is 3.60. The number of hydrogen-bond acceptors (Lipinski definition) is 4. The van der Waals surface area contributed by atoms with Crippen molar-refractivity contribution >= 4 is 0 Å². The maximum atomic E-state index is 10.1. The Morgan fingerprint density at radius 3 is 2.67 bits per heavy atom.